The van der Waals surface area contributed by atoms with E-state index in [9.17, 15) is 38.9 Å². The number of rotatable bonds is 16. The largest absolute Gasteiger partial charge is 0.513 e. The molecule has 9 rings (SSSR count). The molecule has 8 atom stereocenters. The average Bonchev–Trinajstić information content (AvgIpc) is 4.29. The molecule has 30 heteroatoms. The molecule has 424 valence electrons. The number of amides is 1. The zero-order valence-corrected chi connectivity index (χ0v) is 44.3. The highest BCUT2D eigenvalue weighted by Gasteiger charge is 2.58. The minimum Gasteiger partial charge on any atom is -0.447 e. The Morgan fingerprint density at radius 1 is 0.782 bits per heavy atom. The van der Waals surface area contributed by atoms with Crippen molar-refractivity contribution >= 4 is 52.2 Å². The Labute approximate surface area is 443 Å². The fourth-order valence-corrected chi connectivity index (χ4v) is 9.31. The number of allylic oxidation sites excluding steroid dienone is 2. The van der Waals surface area contributed by atoms with Crippen molar-refractivity contribution in [1.82, 2.24) is 48.4 Å². The lowest BCUT2D eigenvalue weighted by Crippen LogP contribution is -2.36. The number of benzene rings is 1. The minimum absolute atomic E-state index is 0.0156. The molecule has 7 N–H and O–H groups in total. The van der Waals surface area contributed by atoms with Crippen LogP contribution >= 0.6 is 0 Å². The van der Waals surface area contributed by atoms with Crippen molar-refractivity contribution < 1.29 is 57.1 Å². The number of aromatic nitrogens is 8. The first-order valence-electron chi connectivity index (χ1n) is 24.8. The van der Waals surface area contributed by atoms with Crippen LogP contribution in [-0.4, -0.2) is 149 Å². The van der Waals surface area contributed by atoms with Crippen molar-refractivity contribution in [3.63, 3.8) is 0 Å². The lowest BCUT2D eigenvalue weighted by atomic mass is 10.1. The Morgan fingerprint density at radius 2 is 1.23 bits per heavy atom. The molecule has 0 saturated carbocycles. The number of nitrogens with zero attached hydrogens (tertiary/aromatic N) is 8. The fraction of sp³-hybridized carbons (Fsp3) is 0.542. The van der Waals surface area contributed by atoms with Gasteiger partial charge < -0.3 is 64.3 Å². The zero-order valence-electron chi connectivity index (χ0n) is 44.3. The summed E-state index contributed by atoms with van der Waals surface area (Å²) in [6.45, 7) is 19.5. The number of non-ortho nitro benzene ring substituents is 1. The molecule has 0 bridgehead atoms. The Bertz CT molecular complexity index is 3270. The zero-order chi connectivity index (χ0) is 57.0. The Hall–Kier alpha value is -7.74. The first-order valence-corrected chi connectivity index (χ1v) is 24.8. The van der Waals surface area contributed by atoms with Crippen molar-refractivity contribution in [1.29, 1.82) is 0 Å². The van der Waals surface area contributed by atoms with Gasteiger partial charge in [-0.3, -0.25) is 38.8 Å². The number of hydrogen-bond acceptors (Lipinski definition) is 22. The van der Waals surface area contributed by atoms with Gasteiger partial charge in [-0.05, 0) is 66.3 Å². The first-order chi connectivity index (χ1) is 37.0. The van der Waals surface area contributed by atoms with E-state index in [0.717, 1.165) is 17.5 Å². The molecule has 0 unspecified atom stereocenters. The maximum atomic E-state index is 13.4. The van der Waals surface area contributed by atoms with E-state index in [1.165, 1.54) is 61.4 Å². The van der Waals surface area contributed by atoms with Crippen LogP contribution in [0.4, 0.5) is 27.2 Å². The Kier molecular flexibility index (Phi) is 17.7. The van der Waals surface area contributed by atoms with E-state index in [1.54, 1.807) is 34.7 Å². The maximum Gasteiger partial charge on any atom is 0.513 e. The lowest BCUT2D eigenvalue weighted by Gasteiger charge is -2.25. The van der Waals surface area contributed by atoms with Crippen LogP contribution in [0.1, 0.15) is 66.8 Å². The van der Waals surface area contributed by atoms with Gasteiger partial charge in [0.05, 0.1) is 4.92 Å². The topological polar surface area (TPSA) is 373 Å². The number of fused-ring (bicyclic) bond motifs is 4. The van der Waals surface area contributed by atoms with E-state index in [1.807, 2.05) is 14.0 Å². The second kappa shape index (κ2) is 23.9. The van der Waals surface area contributed by atoms with E-state index in [4.69, 9.17) is 54.1 Å². The van der Waals surface area contributed by atoms with Crippen LogP contribution < -0.4 is 44.0 Å². The molecule has 4 saturated heterocycles. The molecule has 0 radical (unpaired) electrons. The summed E-state index contributed by atoms with van der Waals surface area (Å²) < 4.78 is 56.8. The monoisotopic (exact) mass is 1100 g/mol. The number of ether oxygens (including phenoxy) is 9. The van der Waals surface area contributed by atoms with Crippen LogP contribution in [0, 0.1) is 10.1 Å². The number of hydrogen-bond donors (Lipinski definition) is 5. The molecule has 0 aliphatic carbocycles. The van der Waals surface area contributed by atoms with Gasteiger partial charge in [0.25, 0.3) is 16.8 Å². The molecule has 30 nitrogen and oxygen atoms in total. The predicted molar refractivity (Wildman–Crippen MR) is 277 cm³/mol. The summed E-state index contributed by atoms with van der Waals surface area (Å²) in [5, 5.41) is 13.8. The van der Waals surface area contributed by atoms with Crippen molar-refractivity contribution in [3.8, 4) is 5.75 Å². The van der Waals surface area contributed by atoms with Crippen LogP contribution in [-0.2, 0) is 51.0 Å². The molecule has 4 fully saturated rings. The summed E-state index contributed by atoms with van der Waals surface area (Å²) in [7, 11) is 3.61. The number of nitro groups is 1. The number of carbonyl (C=O) groups excluding carboxylic acids is 2. The highest BCUT2D eigenvalue weighted by atomic mass is 16.8. The molecule has 0 spiro atoms. The number of aromatic amines is 2. The van der Waals surface area contributed by atoms with Gasteiger partial charge in [0, 0.05) is 38.8 Å². The van der Waals surface area contributed by atoms with Crippen LogP contribution in [0.15, 0.2) is 68.8 Å². The fourth-order valence-electron chi connectivity index (χ4n) is 9.31. The number of anilines is 2. The summed E-state index contributed by atoms with van der Waals surface area (Å²) in [6.07, 6.45) is -3.36. The van der Waals surface area contributed by atoms with Crippen LogP contribution in [0.25, 0.3) is 22.3 Å². The van der Waals surface area contributed by atoms with E-state index >= 15 is 0 Å². The van der Waals surface area contributed by atoms with Crippen molar-refractivity contribution in [3.05, 3.63) is 101 Å². The van der Waals surface area contributed by atoms with E-state index in [0.29, 0.717) is 6.54 Å². The van der Waals surface area contributed by atoms with Gasteiger partial charge in [-0.1, -0.05) is 26.0 Å². The SMILES string of the molecule is C=CCn1c(=O)n([C@H]2O[C@@H](COC(=O)N(C)CCC)[C@@H]3OC(C)(C)O[C@@H]32)c2nc(N)[nH]c(=O)c21.C=CCn1c(=O)n([C@H]2O[C@@H](COC(=O)Oc3ccc([N+](=O)[O-])cc3)[C@@H]3OC(C)(C)O[C@@H]32)c2nc(N)[nH]c(=O)c21.CCCNC. The summed E-state index contributed by atoms with van der Waals surface area (Å²) in [6, 6.07) is 4.85. The first kappa shape index (κ1) is 58.0. The second-order valence-corrected chi connectivity index (χ2v) is 19.1. The second-order valence-electron chi connectivity index (χ2n) is 19.1. The summed E-state index contributed by atoms with van der Waals surface area (Å²) in [5.74, 6) is -2.35. The number of nitrogen functional groups attached to an aromatic ring is 2. The number of nitrogens with one attached hydrogen (secondary N) is 3. The van der Waals surface area contributed by atoms with Gasteiger partial charge in [0.15, 0.2) is 46.4 Å². The van der Waals surface area contributed by atoms with Gasteiger partial charge in [0.1, 0.15) is 55.6 Å². The molecular weight excluding hydrogens is 1030 g/mol. The predicted octanol–water partition coefficient (Wildman–Crippen LogP) is 2.36. The number of carbonyl (C=O) groups is 2. The third-order valence-corrected chi connectivity index (χ3v) is 12.4. The van der Waals surface area contributed by atoms with Gasteiger partial charge in [-0.15, -0.1) is 13.2 Å². The summed E-state index contributed by atoms with van der Waals surface area (Å²) in [4.78, 5) is 102. The van der Waals surface area contributed by atoms with Crippen LogP contribution in [0.3, 0.4) is 0 Å². The quantitative estimate of drug-likeness (QED) is 0.0311. The highest BCUT2D eigenvalue weighted by Crippen LogP contribution is 2.45. The summed E-state index contributed by atoms with van der Waals surface area (Å²) >= 11 is 0. The Balaban J connectivity index is 0.000000210. The van der Waals surface area contributed by atoms with Crippen LogP contribution in [0.2, 0.25) is 0 Å². The van der Waals surface area contributed by atoms with Crippen molar-refractivity contribution in [2.24, 2.45) is 0 Å². The maximum absolute atomic E-state index is 13.4. The van der Waals surface area contributed by atoms with Crippen molar-refractivity contribution in [2.75, 3.05) is 51.9 Å². The number of imidazole rings is 2. The molecule has 1 amide bonds. The Morgan fingerprint density at radius 3 is 1.63 bits per heavy atom. The number of nitrogens with two attached hydrogens (primary N) is 2. The molecule has 4 aliphatic rings. The minimum atomic E-state index is -1.12. The normalized spacial score (nSPS) is 23.3. The molecular formula is C48H65N13O17. The molecule has 78 heavy (non-hydrogen) atoms. The molecule has 4 aromatic heterocycles. The van der Waals surface area contributed by atoms with Crippen molar-refractivity contribution in [2.45, 2.75) is 128 Å². The number of nitro benzene ring substituents is 1. The molecule has 5 aromatic rings. The van der Waals surface area contributed by atoms with E-state index in [2.05, 4.69) is 45.3 Å². The third-order valence-electron chi connectivity index (χ3n) is 12.4. The molecule has 4 aliphatic heterocycles. The van der Waals surface area contributed by atoms with Gasteiger partial charge in [0.2, 0.25) is 11.9 Å². The molecule has 8 heterocycles. The van der Waals surface area contributed by atoms with Crippen LogP contribution in [0.5, 0.6) is 5.75 Å². The van der Waals surface area contributed by atoms with E-state index in [-0.39, 0.29) is 72.0 Å². The lowest BCUT2D eigenvalue weighted by molar-refractivity contribution is -0.384. The summed E-state index contributed by atoms with van der Waals surface area (Å²) in [5.41, 5.74) is 9.02. The smallest absolute Gasteiger partial charge is 0.447 e. The number of H-pyrrole nitrogens is 2. The van der Waals surface area contributed by atoms with Gasteiger partial charge in [-0.2, -0.15) is 9.97 Å². The standard InChI is InChI=1S/C23H24N6O10.C21H30N6O7.C4H11N/c1-4-9-27-14-17(25-20(24)26-18(14)30)28(21(27)31)19-16-15(38-23(2,3)39-16)13(37-19)10-35-22(32)36-12-7-5-11(6-8-12)29(33)34;1-6-8-25(5)20(30)31-10-11-13-14(34-21(3,4)33-13)17(32-11)27-15-12(16(28)24-18(22)23-15)26(9-7-2)19(27)29;1-3-4-5-2/h4-8,13,15-16,19H,1,9-10H2,2-3H3,(H3,24,25,26,30);7,11,13-14,17H,2,6,8-10H2,1,3-5H3,(H3,22,23,24,28);5H,3-4H2,1-2H3/t13-,15-,16-,19-;11-,13-,14-,17-;/m00./s1. The average molecular weight is 1100 g/mol. The van der Waals surface area contributed by atoms with Gasteiger partial charge >= 0.3 is 23.6 Å². The third kappa shape index (κ3) is 12.2. The highest BCUT2D eigenvalue weighted by molar-refractivity contribution is 5.73. The van der Waals surface area contributed by atoms with Gasteiger partial charge in [-0.25, -0.2) is 28.3 Å². The van der Waals surface area contributed by atoms with E-state index < -0.39 is 100 Å². The molecule has 1 aromatic carbocycles.